The molecule has 39 heavy (non-hydrogen) atoms. The Morgan fingerprint density at radius 2 is 1.82 bits per heavy atom. The molecule has 8 heteroatoms. The van der Waals surface area contributed by atoms with Crippen molar-refractivity contribution in [3.63, 3.8) is 0 Å². The van der Waals surface area contributed by atoms with Crippen molar-refractivity contribution in [1.29, 1.82) is 0 Å². The zero-order valence-electron chi connectivity index (χ0n) is 21.7. The monoisotopic (exact) mass is 528 g/mol. The summed E-state index contributed by atoms with van der Waals surface area (Å²) in [7, 11) is 0. The van der Waals surface area contributed by atoms with Crippen LogP contribution in [0.15, 0.2) is 72.8 Å². The number of nitrogens with one attached hydrogen (secondary N) is 2. The van der Waals surface area contributed by atoms with E-state index >= 15 is 4.39 Å². The molecule has 2 N–H and O–H groups in total. The number of halogens is 2. The molecule has 1 aromatic heterocycles. The van der Waals surface area contributed by atoms with E-state index in [0.717, 1.165) is 29.3 Å². The first kappa shape index (κ1) is 25.2. The Morgan fingerprint density at radius 1 is 1.08 bits per heavy atom. The van der Waals surface area contributed by atoms with Gasteiger partial charge in [-0.2, -0.15) is 5.10 Å². The number of carbonyl (C=O) groups is 2. The maximum absolute atomic E-state index is 15.2. The van der Waals surface area contributed by atoms with Gasteiger partial charge in [-0.25, -0.2) is 8.78 Å². The summed E-state index contributed by atoms with van der Waals surface area (Å²) in [6.07, 6.45) is 0.449. The number of amides is 2. The van der Waals surface area contributed by atoms with Crippen molar-refractivity contribution in [2.75, 3.05) is 6.54 Å². The fourth-order valence-corrected chi connectivity index (χ4v) is 5.61. The summed E-state index contributed by atoms with van der Waals surface area (Å²) in [6.45, 7) is 1.89. The first-order chi connectivity index (χ1) is 18.8. The van der Waals surface area contributed by atoms with E-state index in [-0.39, 0.29) is 36.5 Å². The van der Waals surface area contributed by atoms with Crippen LogP contribution in [-0.2, 0) is 21.4 Å². The lowest BCUT2D eigenvalue weighted by molar-refractivity contribution is -0.138. The van der Waals surface area contributed by atoms with Crippen LogP contribution < -0.4 is 5.32 Å². The van der Waals surface area contributed by atoms with Crippen LogP contribution in [0.25, 0.3) is 10.9 Å². The second-order valence-corrected chi connectivity index (χ2v) is 10.9. The molecule has 6 rings (SSSR count). The maximum Gasteiger partial charge on any atom is 0.243 e. The van der Waals surface area contributed by atoms with Crippen LogP contribution in [-0.4, -0.2) is 45.7 Å². The predicted octanol–water partition coefficient (Wildman–Crippen LogP) is 5.14. The van der Waals surface area contributed by atoms with Gasteiger partial charge in [0.25, 0.3) is 0 Å². The van der Waals surface area contributed by atoms with Crippen molar-refractivity contribution in [3.05, 3.63) is 101 Å². The van der Waals surface area contributed by atoms with Crippen LogP contribution in [0.4, 0.5) is 8.78 Å². The third kappa shape index (κ3) is 4.91. The van der Waals surface area contributed by atoms with Crippen LogP contribution in [0.5, 0.6) is 0 Å². The van der Waals surface area contributed by atoms with E-state index in [1.54, 1.807) is 6.07 Å². The number of hydrogen-bond acceptors (Lipinski definition) is 3. The molecule has 200 valence electrons. The molecule has 1 aliphatic heterocycles. The molecule has 3 unspecified atom stereocenters. The van der Waals surface area contributed by atoms with Crippen molar-refractivity contribution in [2.24, 2.45) is 0 Å². The number of likely N-dealkylation sites (tertiary alicyclic amines) is 1. The first-order valence-electron chi connectivity index (χ1n) is 13.3. The zero-order chi connectivity index (χ0) is 27.1. The SMILES string of the molecule is CC1(c2ccc(C(NC(=O)C3CC(F)CN3C(=O)Cc3n[nH]c4ccccc34)c3ccccc3)cc2F)CC1. The summed E-state index contributed by atoms with van der Waals surface area (Å²) in [5.41, 5.74) is 3.28. The van der Waals surface area contributed by atoms with Crippen molar-refractivity contribution >= 4 is 22.7 Å². The fourth-order valence-electron chi connectivity index (χ4n) is 5.61. The number of rotatable bonds is 7. The first-order valence-corrected chi connectivity index (χ1v) is 13.3. The largest absolute Gasteiger partial charge is 0.343 e. The van der Waals surface area contributed by atoms with Crippen molar-refractivity contribution in [1.82, 2.24) is 20.4 Å². The molecule has 4 aromatic rings. The Hall–Kier alpha value is -4.07. The number of nitrogens with zero attached hydrogens (tertiary/aromatic N) is 2. The van der Waals surface area contributed by atoms with Gasteiger partial charge in [0, 0.05) is 11.8 Å². The van der Waals surface area contributed by atoms with Crippen molar-refractivity contribution < 1.29 is 18.4 Å². The number of aromatic nitrogens is 2. The van der Waals surface area contributed by atoms with E-state index in [9.17, 15) is 14.0 Å². The maximum atomic E-state index is 15.2. The molecule has 0 spiro atoms. The van der Waals surface area contributed by atoms with Crippen LogP contribution in [0.2, 0.25) is 0 Å². The van der Waals surface area contributed by atoms with Gasteiger partial charge < -0.3 is 10.2 Å². The third-order valence-corrected chi connectivity index (χ3v) is 8.14. The van der Waals surface area contributed by atoms with Gasteiger partial charge in [0.05, 0.1) is 30.2 Å². The molecule has 2 heterocycles. The van der Waals surface area contributed by atoms with Crippen LogP contribution in [0.1, 0.15) is 54.6 Å². The van der Waals surface area contributed by atoms with Crippen LogP contribution >= 0.6 is 0 Å². The highest BCUT2D eigenvalue weighted by Gasteiger charge is 2.42. The number of alkyl halides is 1. The summed E-state index contributed by atoms with van der Waals surface area (Å²) < 4.78 is 29.8. The Balaban J connectivity index is 1.25. The molecular formula is C31H30F2N4O2. The van der Waals surface area contributed by atoms with Crippen LogP contribution in [0, 0.1) is 5.82 Å². The summed E-state index contributed by atoms with van der Waals surface area (Å²) in [6, 6.07) is 20.2. The number of hydrogen-bond donors (Lipinski definition) is 2. The number of H-pyrrole nitrogens is 1. The molecule has 1 saturated carbocycles. The number of benzene rings is 3. The predicted molar refractivity (Wildman–Crippen MR) is 144 cm³/mol. The zero-order valence-corrected chi connectivity index (χ0v) is 21.7. The minimum absolute atomic E-state index is 0.0476. The average molecular weight is 529 g/mol. The van der Waals surface area contributed by atoms with E-state index in [0.29, 0.717) is 16.8 Å². The Morgan fingerprint density at radius 3 is 2.56 bits per heavy atom. The summed E-state index contributed by atoms with van der Waals surface area (Å²) >= 11 is 0. The Bertz CT molecular complexity index is 1530. The van der Waals surface area contributed by atoms with E-state index in [2.05, 4.69) is 15.5 Å². The molecule has 0 bridgehead atoms. The Labute approximate surface area is 225 Å². The van der Waals surface area contributed by atoms with Gasteiger partial charge in [-0.15, -0.1) is 0 Å². The lowest BCUT2D eigenvalue weighted by atomic mass is 9.92. The number of carbonyl (C=O) groups excluding carboxylic acids is 2. The van der Waals surface area contributed by atoms with Gasteiger partial charge in [-0.3, -0.25) is 14.7 Å². The second-order valence-electron chi connectivity index (χ2n) is 10.9. The highest BCUT2D eigenvalue weighted by Crippen LogP contribution is 2.48. The molecule has 1 saturated heterocycles. The van der Waals surface area contributed by atoms with Gasteiger partial charge in [0.15, 0.2) is 0 Å². The Kier molecular flexibility index (Phi) is 6.41. The van der Waals surface area contributed by atoms with Gasteiger partial charge in [0.2, 0.25) is 11.8 Å². The molecule has 2 aliphatic rings. The summed E-state index contributed by atoms with van der Waals surface area (Å²) in [5.74, 6) is -1.13. The molecular weight excluding hydrogens is 498 g/mol. The fraction of sp³-hybridized carbons (Fsp3) is 0.323. The van der Waals surface area contributed by atoms with E-state index in [1.165, 1.54) is 11.0 Å². The van der Waals surface area contributed by atoms with Gasteiger partial charge in [-0.05, 0) is 47.1 Å². The minimum Gasteiger partial charge on any atom is -0.343 e. The number of aromatic amines is 1. The molecule has 3 aromatic carbocycles. The molecule has 1 aliphatic carbocycles. The second kappa shape index (κ2) is 9.91. The van der Waals surface area contributed by atoms with Gasteiger partial charge in [-0.1, -0.05) is 67.6 Å². The average Bonchev–Trinajstić information content (AvgIpc) is 3.36. The van der Waals surface area contributed by atoms with E-state index in [1.807, 2.05) is 67.6 Å². The lowest BCUT2D eigenvalue weighted by Gasteiger charge is -2.27. The minimum atomic E-state index is -1.31. The molecule has 3 atom stereocenters. The molecule has 0 radical (unpaired) electrons. The van der Waals surface area contributed by atoms with Crippen molar-refractivity contribution in [3.8, 4) is 0 Å². The van der Waals surface area contributed by atoms with Crippen molar-refractivity contribution in [2.45, 2.75) is 56.3 Å². The standard InChI is InChI=1S/C31H30F2N4O2/c1-31(13-14-31)23-12-11-20(15-24(23)33)29(19-7-3-2-4-8-19)34-30(39)27-16-21(32)18-37(27)28(38)17-26-22-9-5-6-10-25(22)35-36-26/h2-12,15,21,27,29H,13-14,16-18H2,1H3,(H,34,39)(H,35,36). The number of fused-ring (bicyclic) bond motifs is 1. The molecule has 2 amide bonds. The summed E-state index contributed by atoms with van der Waals surface area (Å²) in [4.78, 5) is 28.2. The smallest absolute Gasteiger partial charge is 0.243 e. The van der Waals surface area contributed by atoms with Gasteiger partial charge in [0.1, 0.15) is 18.0 Å². The van der Waals surface area contributed by atoms with Crippen LogP contribution in [0.3, 0.4) is 0 Å². The van der Waals surface area contributed by atoms with E-state index in [4.69, 9.17) is 0 Å². The quantitative estimate of drug-likeness (QED) is 0.349. The third-order valence-electron chi connectivity index (χ3n) is 8.14. The highest BCUT2D eigenvalue weighted by atomic mass is 19.1. The topological polar surface area (TPSA) is 78.1 Å². The number of para-hydroxylation sites is 1. The molecule has 6 nitrogen and oxygen atoms in total. The normalized spacial score (nSPS) is 20.6. The lowest BCUT2D eigenvalue weighted by Crippen LogP contribution is -2.47. The van der Waals surface area contributed by atoms with E-state index < -0.39 is 24.2 Å². The molecule has 2 fully saturated rings. The highest BCUT2D eigenvalue weighted by molar-refractivity contribution is 5.92. The van der Waals surface area contributed by atoms with Gasteiger partial charge >= 0.3 is 0 Å². The summed E-state index contributed by atoms with van der Waals surface area (Å²) in [5, 5.41) is 11.0.